The van der Waals surface area contributed by atoms with E-state index in [2.05, 4.69) is 6.92 Å². The maximum absolute atomic E-state index is 12.5. The third kappa shape index (κ3) is 3.80. The molecule has 3 nitrogen and oxygen atoms in total. The van der Waals surface area contributed by atoms with Crippen LogP contribution < -0.4 is 4.74 Å². The number of aryl methyl sites for hydroxylation is 2. The average molecular weight is 264 g/mol. The molecule has 0 amide bonds. The maximum Gasteiger partial charge on any atom is 0.191 e. The summed E-state index contributed by atoms with van der Waals surface area (Å²) in [7, 11) is 1.64. The minimum absolute atomic E-state index is 0.0759. The molecule has 19 heavy (non-hydrogen) atoms. The Hall–Kier alpha value is -1.35. The molecule has 0 aromatic heterocycles. The second-order valence-corrected chi connectivity index (χ2v) is 4.73. The van der Waals surface area contributed by atoms with Gasteiger partial charge in [-0.1, -0.05) is 13.3 Å². The molecule has 0 bridgehead atoms. The van der Waals surface area contributed by atoms with E-state index in [9.17, 15) is 4.79 Å². The van der Waals surface area contributed by atoms with Crippen molar-refractivity contribution in [1.82, 2.24) is 0 Å². The van der Waals surface area contributed by atoms with E-state index in [0.29, 0.717) is 6.61 Å². The number of hydrogen-bond donors (Lipinski definition) is 0. The SMILES string of the molecule is CCCC(OCC)C(=O)c1cc(C)c(OC)cc1C. The molecule has 0 N–H and O–H groups in total. The predicted octanol–water partition coefficient (Wildman–Crippen LogP) is 3.70. The van der Waals surface area contributed by atoms with E-state index in [1.54, 1.807) is 7.11 Å². The number of benzene rings is 1. The van der Waals surface area contributed by atoms with Crippen LogP contribution in [0.25, 0.3) is 0 Å². The molecule has 1 aromatic carbocycles. The van der Waals surface area contributed by atoms with Crippen LogP contribution in [0.15, 0.2) is 12.1 Å². The number of hydrogen-bond acceptors (Lipinski definition) is 3. The summed E-state index contributed by atoms with van der Waals surface area (Å²) in [4.78, 5) is 12.5. The summed E-state index contributed by atoms with van der Waals surface area (Å²) in [5, 5.41) is 0. The zero-order valence-electron chi connectivity index (χ0n) is 12.6. The Balaban J connectivity index is 3.07. The number of ether oxygens (including phenoxy) is 2. The predicted molar refractivity (Wildman–Crippen MR) is 77.1 cm³/mol. The first-order chi connectivity index (χ1) is 9.04. The van der Waals surface area contributed by atoms with Gasteiger partial charge < -0.3 is 9.47 Å². The van der Waals surface area contributed by atoms with Crippen molar-refractivity contribution in [2.45, 2.75) is 46.6 Å². The standard InChI is InChI=1S/C16H24O3/c1-6-8-14(19-7-2)16(17)13-9-12(4)15(18-5)10-11(13)3/h9-10,14H,6-8H2,1-5H3. The molecule has 1 atom stereocenters. The zero-order valence-corrected chi connectivity index (χ0v) is 12.6. The van der Waals surface area contributed by atoms with Gasteiger partial charge in [-0.3, -0.25) is 4.79 Å². The highest BCUT2D eigenvalue weighted by molar-refractivity contribution is 6.01. The number of carbonyl (C=O) groups is 1. The molecule has 0 saturated carbocycles. The van der Waals surface area contributed by atoms with Crippen LogP contribution in [0.4, 0.5) is 0 Å². The van der Waals surface area contributed by atoms with Crippen molar-refractivity contribution in [3.8, 4) is 5.75 Å². The minimum Gasteiger partial charge on any atom is -0.496 e. The van der Waals surface area contributed by atoms with Crippen LogP contribution in [-0.4, -0.2) is 25.6 Å². The van der Waals surface area contributed by atoms with Crippen LogP contribution in [0, 0.1) is 13.8 Å². The van der Waals surface area contributed by atoms with Crippen LogP contribution in [0.1, 0.15) is 48.2 Å². The molecule has 0 saturated heterocycles. The summed E-state index contributed by atoms with van der Waals surface area (Å²) in [6.07, 6.45) is 1.36. The molecule has 1 rings (SSSR count). The Morgan fingerprint density at radius 3 is 2.42 bits per heavy atom. The number of Topliss-reactive ketones (excluding diaryl/α,β-unsaturated/α-hetero) is 1. The third-order valence-corrected chi connectivity index (χ3v) is 3.22. The fourth-order valence-corrected chi connectivity index (χ4v) is 2.20. The number of methoxy groups -OCH3 is 1. The summed E-state index contributed by atoms with van der Waals surface area (Å²) in [6, 6.07) is 3.82. The first-order valence-corrected chi connectivity index (χ1v) is 6.86. The van der Waals surface area contributed by atoms with Gasteiger partial charge in [0.25, 0.3) is 0 Å². The van der Waals surface area contributed by atoms with Crippen molar-refractivity contribution in [3.05, 3.63) is 28.8 Å². The van der Waals surface area contributed by atoms with Crippen molar-refractivity contribution in [3.63, 3.8) is 0 Å². The first-order valence-electron chi connectivity index (χ1n) is 6.86. The van der Waals surface area contributed by atoms with Crippen molar-refractivity contribution < 1.29 is 14.3 Å². The molecule has 1 unspecified atom stereocenters. The average Bonchev–Trinajstić information content (AvgIpc) is 2.40. The topological polar surface area (TPSA) is 35.5 Å². The van der Waals surface area contributed by atoms with E-state index < -0.39 is 0 Å². The summed E-state index contributed by atoms with van der Waals surface area (Å²) >= 11 is 0. The molecule has 0 heterocycles. The second kappa shape index (κ2) is 7.29. The fourth-order valence-electron chi connectivity index (χ4n) is 2.20. The van der Waals surface area contributed by atoms with Gasteiger partial charge in [-0.25, -0.2) is 0 Å². The Bertz CT molecular complexity index is 432. The van der Waals surface area contributed by atoms with E-state index in [4.69, 9.17) is 9.47 Å². The van der Waals surface area contributed by atoms with Gasteiger partial charge in [0, 0.05) is 12.2 Å². The second-order valence-electron chi connectivity index (χ2n) is 4.73. The molecule has 3 heteroatoms. The Morgan fingerprint density at radius 1 is 1.21 bits per heavy atom. The molecule has 0 spiro atoms. The van der Waals surface area contributed by atoms with Gasteiger partial charge in [0.2, 0.25) is 0 Å². The van der Waals surface area contributed by atoms with Gasteiger partial charge in [-0.15, -0.1) is 0 Å². The molecule has 0 fully saturated rings. The number of rotatable bonds is 7. The Morgan fingerprint density at radius 2 is 1.89 bits per heavy atom. The molecule has 1 aromatic rings. The largest absolute Gasteiger partial charge is 0.496 e. The summed E-state index contributed by atoms with van der Waals surface area (Å²) in [5.74, 6) is 0.893. The summed E-state index contributed by atoms with van der Waals surface area (Å²) in [5.41, 5.74) is 2.65. The zero-order chi connectivity index (χ0) is 14.4. The molecule has 0 aliphatic rings. The highest BCUT2D eigenvalue weighted by atomic mass is 16.5. The smallest absolute Gasteiger partial charge is 0.191 e. The maximum atomic E-state index is 12.5. The van der Waals surface area contributed by atoms with Gasteiger partial charge in [0.15, 0.2) is 5.78 Å². The lowest BCUT2D eigenvalue weighted by Gasteiger charge is -2.17. The van der Waals surface area contributed by atoms with E-state index in [1.807, 2.05) is 32.9 Å². The van der Waals surface area contributed by atoms with Gasteiger partial charge in [0.05, 0.1) is 7.11 Å². The van der Waals surface area contributed by atoms with Crippen molar-refractivity contribution in [2.24, 2.45) is 0 Å². The molecule has 0 radical (unpaired) electrons. The molecule has 0 aliphatic carbocycles. The number of ketones is 1. The third-order valence-electron chi connectivity index (χ3n) is 3.22. The number of carbonyl (C=O) groups excluding carboxylic acids is 1. The van der Waals surface area contributed by atoms with E-state index in [1.165, 1.54) is 0 Å². The quantitative estimate of drug-likeness (QED) is 0.704. The van der Waals surface area contributed by atoms with Crippen molar-refractivity contribution in [2.75, 3.05) is 13.7 Å². The lowest BCUT2D eigenvalue weighted by Crippen LogP contribution is -2.25. The summed E-state index contributed by atoms with van der Waals surface area (Å²) < 4.78 is 10.8. The van der Waals surface area contributed by atoms with Crippen LogP contribution in [0.5, 0.6) is 5.75 Å². The van der Waals surface area contributed by atoms with Crippen LogP contribution >= 0.6 is 0 Å². The Kier molecular flexibility index (Phi) is 6.03. The minimum atomic E-state index is -0.332. The van der Waals surface area contributed by atoms with E-state index >= 15 is 0 Å². The lowest BCUT2D eigenvalue weighted by atomic mass is 9.96. The van der Waals surface area contributed by atoms with E-state index in [-0.39, 0.29) is 11.9 Å². The fraction of sp³-hybridized carbons (Fsp3) is 0.562. The van der Waals surface area contributed by atoms with Crippen LogP contribution in [0.3, 0.4) is 0 Å². The summed E-state index contributed by atoms with van der Waals surface area (Å²) in [6.45, 7) is 8.42. The normalized spacial score (nSPS) is 12.3. The molecular formula is C16H24O3. The monoisotopic (exact) mass is 264 g/mol. The van der Waals surface area contributed by atoms with Crippen molar-refractivity contribution >= 4 is 5.78 Å². The highest BCUT2D eigenvalue weighted by Gasteiger charge is 2.22. The molecule has 0 aliphatic heterocycles. The van der Waals surface area contributed by atoms with Gasteiger partial charge in [-0.2, -0.15) is 0 Å². The molecule has 106 valence electrons. The van der Waals surface area contributed by atoms with Crippen LogP contribution in [-0.2, 0) is 4.74 Å². The van der Waals surface area contributed by atoms with Gasteiger partial charge in [-0.05, 0) is 50.5 Å². The van der Waals surface area contributed by atoms with Crippen molar-refractivity contribution in [1.29, 1.82) is 0 Å². The van der Waals surface area contributed by atoms with Gasteiger partial charge in [0.1, 0.15) is 11.9 Å². The highest BCUT2D eigenvalue weighted by Crippen LogP contribution is 2.24. The van der Waals surface area contributed by atoms with Gasteiger partial charge >= 0.3 is 0 Å². The molecular weight excluding hydrogens is 240 g/mol. The Labute approximate surface area is 115 Å². The first kappa shape index (κ1) is 15.7. The van der Waals surface area contributed by atoms with Crippen LogP contribution in [0.2, 0.25) is 0 Å². The lowest BCUT2D eigenvalue weighted by molar-refractivity contribution is 0.0422. The van der Waals surface area contributed by atoms with E-state index in [0.717, 1.165) is 35.3 Å².